The lowest BCUT2D eigenvalue weighted by molar-refractivity contribution is -0.135. The number of allylic oxidation sites excluding steroid dienone is 1. The fourth-order valence-corrected chi connectivity index (χ4v) is 2.85. The third-order valence-corrected chi connectivity index (χ3v) is 4.03. The van der Waals surface area contributed by atoms with Gasteiger partial charge in [-0.2, -0.15) is 0 Å². The van der Waals surface area contributed by atoms with E-state index in [9.17, 15) is 4.79 Å². The number of benzene rings is 1. The Hall–Kier alpha value is -1.97. The van der Waals surface area contributed by atoms with Crippen LogP contribution in [-0.2, 0) is 17.8 Å². The van der Waals surface area contributed by atoms with Crippen LogP contribution in [0.5, 0.6) is 11.5 Å². The summed E-state index contributed by atoms with van der Waals surface area (Å²) in [4.78, 5) is 14.5. The maximum absolute atomic E-state index is 12.6. The molecule has 0 bridgehead atoms. The summed E-state index contributed by atoms with van der Waals surface area (Å²) >= 11 is 0. The summed E-state index contributed by atoms with van der Waals surface area (Å²) in [5.41, 5.74) is 2.29. The van der Waals surface area contributed by atoms with Gasteiger partial charge in [0.15, 0.2) is 11.5 Å². The Morgan fingerprint density at radius 1 is 1.29 bits per heavy atom. The molecule has 2 rings (SSSR count). The zero-order valence-corrected chi connectivity index (χ0v) is 13.0. The molecule has 114 valence electrons. The summed E-state index contributed by atoms with van der Waals surface area (Å²) in [5, 5.41) is 0. The second-order valence-electron chi connectivity index (χ2n) is 5.25. The zero-order valence-electron chi connectivity index (χ0n) is 13.0. The Morgan fingerprint density at radius 2 is 1.90 bits per heavy atom. The minimum atomic E-state index is -0.0400. The molecule has 1 heterocycles. The van der Waals surface area contributed by atoms with E-state index in [-0.39, 0.29) is 11.8 Å². The molecular weight excluding hydrogens is 266 g/mol. The van der Waals surface area contributed by atoms with Crippen molar-refractivity contribution < 1.29 is 14.3 Å². The number of carbonyl (C=O) groups excluding carboxylic acids is 1. The van der Waals surface area contributed by atoms with E-state index in [1.165, 1.54) is 0 Å². The summed E-state index contributed by atoms with van der Waals surface area (Å²) in [7, 11) is 3.26. The highest BCUT2D eigenvalue weighted by Crippen LogP contribution is 2.34. The maximum Gasteiger partial charge on any atom is 0.226 e. The van der Waals surface area contributed by atoms with Crippen LogP contribution in [-0.4, -0.2) is 31.6 Å². The van der Waals surface area contributed by atoms with Crippen molar-refractivity contribution in [3.05, 3.63) is 35.9 Å². The van der Waals surface area contributed by atoms with Crippen LogP contribution in [0.15, 0.2) is 24.8 Å². The van der Waals surface area contributed by atoms with Gasteiger partial charge >= 0.3 is 0 Å². The smallest absolute Gasteiger partial charge is 0.226 e. The topological polar surface area (TPSA) is 38.8 Å². The molecule has 4 nitrogen and oxygen atoms in total. The third kappa shape index (κ3) is 3.04. The first-order chi connectivity index (χ1) is 10.1. The number of rotatable bonds is 5. The Labute approximate surface area is 126 Å². The molecule has 1 aliphatic rings. The lowest BCUT2D eigenvalue weighted by Crippen LogP contribution is -2.34. The zero-order chi connectivity index (χ0) is 15.4. The Bertz CT molecular complexity index is 539. The average molecular weight is 289 g/mol. The largest absolute Gasteiger partial charge is 0.493 e. The first-order valence-electron chi connectivity index (χ1n) is 7.28. The number of amides is 1. The van der Waals surface area contributed by atoms with Gasteiger partial charge in [0.05, 0.1) is 14.2 Å². The first kappa shape index (κ1) is 15.4. The number of nitrogens with zero attached hydrogens (tertiary/aromatic N) is 1. The molecule has 4 heteroatoms. The molecule has 1 atom stereocenters. The number of methoxy groups -OCH3 is 2. The lowest BCUT2D eigenvalue weighted by atomic mass is 9.94. The molecule has 0 spiro atoms. The summed E-state index contributed by atoms with van der Waals surface area (Å²) < 4.78 is 10.7. The molecule has 0 saturated heterocycles. The predicted molar refractivity (Wildman–Crippen MR) is 82.6 cm³/mol. The predicted octanol–water partition coefficient (Wildman–Crippen LogP) is 2.80. The molecule has 0 fully saturated rings. The van der Waals surface area contributed by atoms with Gasteiger partial charge in [0.25, 0.3) is 0 Å². The molecule has 0 N–H and O–H groups in total. The summed E-state index contributed by atoms with van der Waals surface area (Å²) in [6.07, 6.45) is 3.24. The van der Waals surface area contributed by atoms with Crippen molar-refractivity contribution in [1.29, 1.82) is 0 Å². The fraction of sp³-hybridized carbons (Fsp3) is 0.471. The molecule has 0 unspecified atom stereocenters. The van der Waals surface area contributed by atoms with Crippen LogP contribution in [0.4, 0.5) is 0 Å². The minimum absolute atomic E-state index is 0.0400. The van der Waals surface area contributed by atoms with E-state index >= 15 is 0 Å². The van der Waals surface area contributed by atoms with Crippen molar-refractivity contribution >= 4 is 5.91 Å². The number of hydrogen-bond donors (Lipinski definition) is 0. The Balaban J connectivity index is 2.46. The van der Waals surface area contributed by atoms with Gasteiger partial charge < -0.3 is 14.4 Å². The summed E-state index contributed by atoms with van der Waals surface area (Å²) in [5.74, 6) is 1.58. The van der Waals surface area contributed by atoms with Gasteiger partial charge in [0.1, 0.15) is 0 Å². The Kier molecular flexibility index (Phi) is 4.89. The van der Waals surface area contributed by atoms with Crippen LogP contribution in [0, 0.1) is 5.92 Å². The number of hydrogen-bond acceptors (Lipinski definition) is 3. The van der Waals surface area contributed by atoms with Crippen molar-refractivity contribution in [2.45, 2.75) is 26.3 Å². The van der Waals surface area contributed by atoms with Gasteiger partial charge in [-0.25, -0.2) is 0 Å². The number of ether oxygens (including phenoxy) is 2. The number of carbonyl (C=O) groups is 1. The Morgan fingerprint density at radius 3 is 2.43 bits per heavy atom. The fourth-order valence-electron chi connectivity index (χ4n) is 2.85. The highest BCUT2D eigenvalue weighted by atomic mass is 16.5. The van der Waals surface area contributed by atoms with Crippen LogP contribution in [0.1, 0.15) is 24.5 Å². The summed E-state index contributed by atoms with van der Waals surface area (Å²) in [6.45, 7) is 7.11. The second kappa shape index (κ2) is 6.66. The highest BCUT2D eigenvalue weighted by molar-refractivity contribution is 5.80. The van der Waals surface area contributed by atoms with Crippen molar-refractivity contribution in [3.8, 4) is 11.5 Å². The van der Waals surface area contributed by atoms with Crippen molar-refractivity contribution in [2.24, 2.45) is 5.92 Å². The van der Waals surface area contributed by atoms with Crippen LogP contribution in [0.2, 0.25) is 0 Å². The normalized spacial score (nSPS) is 18.0. The first-order valence-corrected chi connectivity index (χ1v) is 7.28. The molecule has 21 heavy (non-hydrogen) atoms. The quantitative estimate of drug-likeness (QED) is 0.782. The molecule has 1 aliphatic heterocycles. The SMILES string of the molecule is C=CC[C@@H]1Cc2cc(OC)c(OC)cc2CN(CC)C1=O. The molecule has 0 radical (unpaired) electrons. The molecular formula is C17H23NO3. The van der Waals surface area contributed by atoms with Gasteiger partial charge in [-0.15, -0.1) is 6.58 Å². The standard InChI is InChI=1S/C17H23NO3/c1-5-7-12-8-13-9-15(20-3)16(21-4)10-14(13)11-18(6-2)17(12)19/h5,9-10,12H,1,6-8,11H2,2-4H3/t12-/m1/s1. The van der Waals surface area contributed by atoms with Crippen LogP contribution < -0.4 is 9.47 Å². The molecule has 0 aliphatic carbocycles. The molecule has 1 amide bonds. The van der Waals surface area contributed by atoms with Crippen LogP contribution in [0.3, 0.4) is 0 Å². The van der Waals surface area contributed by atoms with E-state index in [2.05, 4.69) is 6.58 Å². The average Bonchev–Trinajstić information content (AvgIpc) is 2.63. The monoisotopic (exact) mass is 289 g/mol. The van der Waals surface area contributed by atoms with Gasteiger partial charge in [-0.1, -0.05) is 6.08 Å². The second-order valence-corrected chi connectivity index (χ2v) is 5.25. The summed E-state index contributed by atoms with van der Waals surface area (Å²) in [6, 6.07) is 3.98. The van der Waals surface area contributed by atoms with E-state index in [0.717, 1.165) is 17.5 Å². The molecule has 1 aromatic carbocycles. The molecule has 1 aromatic rings. The van der Waals surface area contributed by atoms with Gasteiger partial charge in [0.2, 0.25) is 5.91 Å². The number of fused-ring (bicyclic) bond motifs is 1. The van der Waals surface area contributed by atoms with Gasteiger partial charge in [-0.05, 0) is 43.0 Å². The highest BCUT2D eigenvalue weighted by Gasteiger charge is 2.28. The van der Waals surface area contributed by atoms with E-state index in [1.807, 2.05) is 30.0 Å². The van der Waals surface area contributed by atoms with E-state index < -0.39 is 0 Å². The molecule has 0 aromatic heterocycles. The minimum Gasteiger partial charge on any atom is -0.493 e. The van der Waals surface area contributed by atoms with E-state index in [0.29, 0.717) is 31.0 Å². The van der Waals surface area contributed by atoms with E-state index in [4.69, 9.17) is 9.47 Å². The van der Waals surface area contributed by atoms with Crippen LogP contribution >= 0.6 is 0 Å². The maximum atomic E-state index is 12.6. The van der Waals surface area contributed by atoms with Crippen molar-refractivity contribution in [1.82, 2.24) is 4.90 Å². The van der Waals surface area contributed by atoms with E-state index in [1.54, 1.807) is 14.2 Å². The van der Waals surface area contributed by atoms with Crippen molar-refractivity contribution in [3.63, 3.8) is 0 Å². The molecule has 0 saturated carbocycles. The van der Waals surface area contributed by atoms with Gasteiger partial charge in [0, 0.05) is 19.0 Å². The lowest BCUT2D eigenvalue weighted by Gasteiger charge is -2.22. The van der Waals surface area contributed by atoms with Crippen LogP contribution in [0.25, 0.3) is 0 Å². The van der Waals surface area contributed by atoms with Gasteiger partial charge in [-0.3, -0.25) is 4.79 Å². The van der Waals surface area contributed by atoms with Crippen molar-refractivity contribution in [2.75, 3.05) is 20.8 Å². The third-order valence-electron chi connectivity index (χ3n) is 4.03.